The van der Waals surface area contributed by atoms with Gasteiger partial charge < -0.3 is 0 Å². The molecule has 0 bridgehead atoms. The summed E-state index contributed by atoms with van der Waals surface area (Å²) in [5.74, 6) is 0.418. The first-order chi connectivity index (χ1) is 14.9. The number of nitrogens with zero attached hydrogens (tertiary/aromatic N) is 3. The first-order valence-electron chi connectivity index (χ1n) is 9.95. The first kappa shape index (κ1) is 21.5. The molecule has 4 rings (SSSR count). The second kappa shape index (κ2) is 8.80. The molecule has 31 heavy (non-hydrogen) atoms. The van der Waals surface area contributed by atoms with Crippen LogP contribution in [-0.4, -0.2) is 36.3 Å². The number of benzene rings is 2. The Labute approximate surface area is 190 Å². The van der Waals surface area contributed by atoms with E-state index in [9.17, 15) is 13.2 Å². The molecule has 0 saturated carbocycles. The fourth-order valence-corrected chi connectivity index (χ4v) is 5.64. The minimum Gasteiger partial charge on any atom is -0.277 e. The average Bonchev–Trinajstić information content (AvgIpc) is 2.75. The molecule has 3 aromatic rings. The summed E-state index contributed by atoms with van der Waals surface area (Å²) in [6, 6.07) is 20.4. The maximum Gasteiger partial charge on any atom is 0.339 e. The fourth-order valence-electron chi connectivity index (χ4n) is 3.72. The number of amides is 2. The van der Waals surface area contributed by atoms with E-state index in [-0.39, 0.29) is 4.90 Å². The molecule has 8 heteroatoms. The smallest absolute Gasteiger partial charge is 0.277 e. The highest BCUT2D eigenvalue weighted by Crippen LogP contribution is 2.30. The Balaban J connectivity index is 1.74. The summed E-state index contributed by atoms with van der Waals surface area (Å²) in [5, 5.41) is 0. The lowest BCUT2D eigenvalue weighted by atomic mass is 10.0. The summed E-state index contributed by atoms with van der Waals surface area (Å²) in [6.07, 6.45) is 0.956. The number of carbonyl (C=O) groups is 1. The number of halogens is 1. The van der Waals surface area contributed by atoms with Crippen LogP contribution in [0.2, 0.25) is 0 Å². The molecule has 1 aliphatic heterocycles. The molecule has 0 aliphatic carbocycles. The summed E-state index contributed by atoms with van der Waals surface area (Å²) < 4.78 is 28.8. The third-order valence-electron chi connectivity index (χ3n) is 5.31. The van der Waals surface area contributed by atoms with E-state index in [1.165, 1.54) is 4.90 Å². The quantitative estimate of drug-likeness (QED) is 0.473. The van der Waals surface area contributed by atoms with Crippen LogP contribution < -0.4 is 4.90 Å². The van der Waals surface area contributed by atoms with E-state index >= 15 is 0 Å². The largest absolute Gasteiger partial charge is 0.339 e. The monoisotopic (exact) mass is 499 g/mol. The zero-order chi connectivity index (χ0) is 22.0. The van der Waals surface area contributed by atoms with Gasteiger partial charge in [0.2, 0.25) is 0 Å². The van der Waals surface area contributed by atoms with Crippen molar-refractivity contribution < 1.29 is 13.2 Å². The van der Waals surface area contributed by atoms with Crippen LogP contribution in [0.5, 0.6) is 0 Å². The minimum atomic E-state index is -4.05. The molecule has 0 unspecified atom stereocenters. The van der Waals surface area contributed by atoms with E-state index in [4.69, 9.17) is 0 Å². The number of aryl methyl sites for hydroxylation is 1. The van der Waals surface area contributed by atoms with Crippen LogP contribution in [0, 0.1) is 6.92 Å². The van der Waals surface area contributed by atoms with Gasteiger partial charge in [0.1, 0.15) is 10.4 Å². The van der Waals surface area contributed by atoms with Gasteiger partial charge in [0.15, 0.2) is 0 Å². The van der Waals surface area contributed by atoms with Gasteiger partial charge in [0, 0.05) is 6.54 Å². The topological polar surface area (TPSA) is 70.6 Å². The lowest BCUT2D eigenvalue weighted by molar-refractivity contribution is 0.205. The molecule has 160 valence electrons. The SMILES string of the molecule is Cc1ccc(S(=O)(=O)N2C(=O)N(c3cccc(Br)n3)CC[C@@H]2Cc2ccccc2)cc1. The number of anilines is 1. The summed E-state index contributed by atoms with van der Waals surface area (Å²) in [6.45, 7) is 2.28. The van der Waals surface area contributed by atoms with E-state index in [1.807, 2.05) is 37.3 Å². The second-order valence-corrected chi connectivity index (χ2v) is 10.1. The molecule has 1 fully saturated rings. The number of rotatable bonds is 5. The predicted molar refractivity (Wildman–Crippen MR) is 123 cm³/mol. The molecule has 1 aliphatic rings. The highest BCUT2D eigenvalue weighted by Gasteiger charge is 2.42. The van der Waals surface area contributed by atoms with Crippen molar-refractivity contribution in [2.75, 3.05) is 11.4 Å². The Kier molecular flexibility index (Phi) is 6.11. The average molecular weight is 500 g/mol. The van der Waals surface area contributed by atoms with E-state index in [0.717, 1.165) is 15.4 Å². The summed E-state index contributed by atoms with van der Waals surface area (Å²) >= 11 is 3.32. The molecule has 2 aromatic carbocycles. The Morgan fingerprint density at radius 2 is 1.71 bits per heavy atom. The highest BCUT2D eigenvalue weighted by molar-refractivity contribution is 9.10. The Bertz CT molecular complexity index is 1180. The van der Waals surface area contributed by atoms with Crippen molar-refractivity contribution in [1.29, 1.82) is 0 Å². The molecule has 1 atom stereocenters. The van der Waals surface area contributed by atoms with Crippen LogP contribution in [0.15, 0.2) is 82.3 Å². The van der Waals surface area contributed by atoms with Gasteiger partial charge in [-0.05, 0) is 65.5 Å². The van der Waals surface area contributed by atoms with Crippen molar-refractivity contribution >= 4 is 37.8 Å². The fraction of sp³-hybridized carbons (Fsp3) is 0.217. The lowest BCUT2D eigenvalue weighted by Crippen LogP contribution is -2.57. The van der Waals surface area contributed by atoms with Crippen LogP contribution in [0.3, 0.4) is 0 Å². The third kappa shape index (κ3) is 4.50. The minimum absolute atomic E-state index is 0.105. The van der Waals surface area contributed by atoms with Crippen molar-refractivity contribution in [1.82, 2.24) is 9.29 Å². The van der Waals surface area contributed by atoms with Crippen LogP contribution in [0.4, 0.5) is 10.6 Å². The number of pyridine rings is 1. The Morgan fingerprint density at radius 3 is 2.39 bits per heavy atom. The summed E-state index contributed by atoms with van der Waals surface area (Å²) in [7, 11) is -4.05. The molecule has 1 aromatic heterocycles. The Hall–Kier alpha value is -2.71. The van der Waals surface area contributed by atoms with Gasteiger partial charge in [-0.25, -0.2) is 22.5 Å². The lowest BCUT2D eigenvalue weighted by Gasteiger charge is -2.40. The molecule has 0 N–H and O–H groups in total. The van der Waals surface area contributed by atoms with Gasteiger partial charge in [-0.15, -0.1) is 0 Å². The number of carbonyl (C=O) groups excluding carboxylic acids is 1. The summed E-state index contributed by atoms with van der Waals surface area (Å²) in [4.78, 5) is 19.4. The number of aromatic nitrogens is 1. The molecule has 0 radical (unpaired) electrons. The number of sulfonamides is 1. The maximum absolute atomic E-state index is 13.6. The number of hydrogen-bond acceptors (Lipinski definition) is 4. The zero-order valence-corrected chi connectivity index (χ0v) is 19.4. The third-order valence-corrected chi connectivity index (χ3v) is 7.59. The second-order valence-electron chi connectivity index (χ2n) is 7.50. The molecular formula is C23H22BrN3O3S. The maximum atomic E-state index is 13.6. The number of hydrogen-bond donors (Lipinski definition) is 0. The van der Waals surface area contributed by atoms with Crippen LogP contribution in [-0.2, 0) is 16.4 Å². The predicted octanol–water partition coefficient (Wildman–Crippen LogP) is 4.78. The van der Waals surface area contributed by atoms with Crippen molar-refractivity contribution in [3.63, 3.8) is 0 Å². The van der Waals surface area contributed by atoms with Crippen LogP contribution >= 0.6 is 15.9 Å². The van der Waals surface area contributed by atoms with Crippen LogP contribution in [0.1, 0.15) is 17.5 Å². The van der Waals surface area contributed by atoms with E-state index in [0.29, 0.717) is 29.8 Å². The number of urea groups is 1. The van der Waals surface area contributed by atoms with Gasteiger partial charge >= 0.3 is 6.03 Å². The Morgan fingerprint density at radius 1 is 1.00 bits per heavy atom. The molecular weight excluding hydrogens is 478 g/mol. The molecule has 1 saturated heterocycles. The molecule has 2 heterocycles. The van der Waals surface area contributed by atoms with Crippen molar-refractivity contribution in [2.24, 2.45) is 0 Å². The van der Waals surface area contributed by atoms with Gasteiger partial charge in [-0.1, -0.05) is 54.1 Å². The highest BCUT2D eigenvalue weighted by atomic mass is 79.9. The van der Waals surface area contributed by atoms with Crippen molar-refractivity contribution in [2.45, 2.75) is 30.7 Å². The molecule has 2 amide bonds. The van der Waals surface area contributed by atoms with Crippen molar-refractivity contribution in [3.05, 3.63) is 88.5 Å². The standard InChI is InChI=1S/C23H22BrN3O3S/c1-17-10-12-20(13-11-17)31(29,30)27-19(16-18-6-3-2-4-7-18)14-15-26(23(27)28)22-9-5-8-21(24)25-22/h2-13,19H,14-16H2,1H3/t19-/m1/s1. The molecule has 6 nitrogen and oxygen atoms in total. The zero-order valence-electron chi connectivity index (χ0n) is 17.0. The van der Waals surface area contributed by atoms with Crippen LogP contribution in [0.25, 0.3) is 0 Å². The van der Waals surface area contributed by atoms with E-state index in [2.05, 4.69) is 20.9 Å². The van der Waals surface area contributed by atoms with Gasteiger partial charge in [0.25, 0.3) is 10.0 Å². The first-order valence-corrected chi connectivity index (χ1v) is 12.2. The van der Waals surface area contributed by atoms with Gasteiger partial charge in [-0.3, -0.25) is 4.90 Å². The van der Waals surface area contributed by atoms with E-state index < -0.39 is 22.1 Å². The van der Waals surface area contributed by atoms with E-state index in [1.54, 1.807) is 42.5 Å². The normalized spacial score (nSPS) is 17.1. The van der Waals surface area contributed by atoms with Crippen molar-refractivity contribution in [3.8, 4) is 0 Å². The summed E-state index contributed by atoms with van der Waals surface area (Å²) in [5.41, 5.74) is 1.93. The molecule has 0 spiro atoms. The van der Waals surface area contributed by atoms with Gasteiger partial charge in [0.05, 0.1) is 10.9 Å². The van der Waals surface area contributed by atoms with Gasteiger partial charge in [-0.2, -0.15) is 0 Å².